The SMILES string of the molecule is N/C(=C\[C]=O)c1ccccc1. The van der Waals surface area contributed by atoms with Gasteiger partial charge in [-0.1, -0.05) is 30.3 Å². The zero-order valence-electron chi connectivity index (χ0n) is 5.95. The first-order valence-corrected chi connectivity index (χ1v) is 3.23. The van der Waals surface area contributed by atoms with E-state index in [0.717, 1.165) is 5.56 Å². The van der Waals surface area contributed by atoms with Crippen LogP contribution in [0.4, 0.5) is 0 Å². The van der Waals surface area contributed by atoms with E-state index in [1.807, 2.05) is 30.3 Å². The summed E-state index contributed by atoms with van der Waals surface area (Å²) in [5.41, 5.74) is 6.79. The second-order valence-electron chi connectivity index (χ2n) is 2.08. The highest BCUT2D eigenvalue weighted by Crippen LogP contribution is 2.05. The molecule has 0 aromatic heterocycles. The fraction of sp³-hybridized carbons (Fsp3) is 0. The van der Waals surface area contributed by atoms with Gasteiger partial charge in [0.05, 0.1) is 0 Å². The lowest BCUT2D eigenvalue weighted by Gasteiger charge is -1.96. The third-order valence-corrected chi connectivity index (χ3v) is 1.32. The molecule has 0 atom stereocenters. The van der Waals surface area contributed by atoms with E-state index in [9.17, 15) is 4.79 Å². The fourth-order valence-corrected chi connectivity index (χ4v) is 0.777. The lowest BCUT2D eigenvalue weighted by molar-refractivity contribution is 0.564. The largest absolute Gasteiger partial charge is 0.398 e. The summed E-state index contributed by atoms with van der Waals surface area (Å²) in [5.74, 6) is 0. The number of nitrogens with two attached hydrogens (primary N) is 1. The number of allylic oxidation sites excluding steroid dienone is 1. The normalized spacial score (nSPS) is 11.1. The van der Waals surface area contributed by atoms with E-state index in [4.69, 9.17) is 5.73 Å². The molecule has 2 heteroatoms. The standard InChI is InChI=1S/C9H8NO/c10-9(6-7-11)8-4-2-1-3-5-8/h1-6H,10H2/b9-6-. The Kier molecular flexibility index (Phi) is 2.44. The molecule has 0 bridgehead atoms. The molecule has 1 aromatic rings. The Morgan fingerprint density at radius 2 is 2.00 bits per heavy atom. The van der Waals surface area contributed by atoms with E-state index in [0.29, 0.717) is 5.70 Å². The number of rotatable bonds is 2. The van der Waals surface area contributed by atoms with Gasteiger partial charge >= 0.3 is 0 Å². The smallest absolute Gasteiger partial charge is 0.227 e. The van der Waals surface area contributed by atoms with Gasteiger partial charge in [-0.3, -0.25) is 4.79 Å². The van der Waals surface area contributed by atoms with Gasteiger partial charge < -0.3 is 5.73 Å². The quantitative estimate of drug-likeness (QED) is 0.635. The first-order chi connectivity index (χ1) is 5.34. The van der Waals surface area contributed by atoms with E-state index in [-0.39, 0.29) is 0 Å². The average molecular weight is 146 g/mol. The lowest BCUT2D eigenvalue weighted by atomic mass is 10.2. The molecule has 1 rings (SSSR count). The van der Waals surface area contributed by atoms with Gasteiger partial charge in [0.2, 0.25) is 6.29 Å². The van der Waals surface area contributed by atoms with Crippen LogP contribution in [0.3, 0.4) is 0 Å². The van der Waals surface area contributed by atoms with Crippen LogP contribution < -0.4 is 5.73 Å². The molecular weight excluding hydrogens is 138 g/mol. The third-order valence-electron chi connectivity index (χ3n) is 1.32. The topological polar surface area (TPSA) is 43.1 Å². The molecule has 0 heterocycles. The van der Waals surface area contributed by atoms with Gasteiger partial charge in [0.25, 0.3) is 0 Å². The first-order valence-electron chi connectivity index (χ1n) is 3.23. The van der Waals surface area contributed by atoms with Crippen LogP contribution in [0.1, 0.15) is 5.56 Å². The summed E-state index contributed by atoms with van der Waals surface area (Å²) < 4.78 is 0. The molecule has 0 saturated heterocycles. The summed E-state index contributed by atoms with van der Waals surface area (Å²) in [5, 5.41) is 0. The minimum atomic E-state index is 0.445. The van der Waals surface area contributed by atoms with Gasteiger partial charge in [0, 0.05) is 11.8 Å². The van der Waals surface area contributed by atoms with Crippen LogP contribution in [0.2, 0.25) is 0 Å². The van der Waals surface area contributed by atoms with Crippen molar-refractivity contribution in [1.29, 1.82) is 0 Å². The zero-order chi connectivity index (χ0) is 8.10. The molecule has 55 valence electrons. The molecule has 0 amide bonds. The molecule has 2 nitrogen and oxygen atoms in total. The highest BCUT2D eigenvalue weighted by molar-refractivity contribution is 5.80. The van der Waals surface area contributed by atoms with Gasteiger partial charge in [-0.25, -0.2) is 0 Å². The van der Waals surface area contributed by atoms with E-state index >= 15 is 0 Å². The van der Waals surface area contributed by atoms with Crippen LogP contribution in [-0.2, 0) is 4.79 Å². The minimum Gasteiger partial charge on any atom is -0.398 e. The first kappa shape index (κ1) is 7.54. The maximum atomic E-state index is 9.91. The predicted octanol–water partition coefficient (Wildman–Crippen LogP) is 1.10. The van der Waals surface area contributed by atoms with E-state index in [1.54, 1.807) is 6.29 Å². The van der Waals surface area contributed by atoms with Crippen LogP contribution >= 0.6 is 0 Å². The average Bonchev–Trinajstić information content (AvgIpc) is 2.07. The van der Waals surface area contributed by atoms with Gasteiger partial charge in [0.15, 0.2) is 0 Å². The van der Waals surface area contributed by atoms with Gasteiger partial charge in [-0.05, 0) is 5.56 Å². The second kappa shape index (κ2) is 3.56. The second-order valence-corrected chi connectivity index (χ2v) is 2.08. The zero-order valence-corrected chi connectivity index (χ0v) is 5.95. The molecule has 0 aliphatic heterocycles. The summed E-state index contributed by atoms with van der Waals surface area (Å²) in [6.07, 6.45) is 2.85. The van der Waals surface area contributed by atoms with Crippen LogP contribution in [0.25, 0.3) is 5.70 Å². The molecule has 0 fully saturated rings. The Morgan fingerprint density at radius 3 is 2.55 bits per heavy atom. The summed E-state index contributed by atoms with van der Waals surface area (Å²) in [7, 11) is 0. The van der Waals surface area contributed by atoms with Crippen molar-refractivity contribution in [1.82, 2.24) is 0 Å². The number of benzene rings is 1. The number of hydrogen-bond donors (Lipinski definition) is 1. The molecule has 0 spiro atoms. The molecule has 0 aliphatic carbocycles. The summed E-state index contributed by atoms with van der Waals surface area (Å²) in [4.78, 5) is 9.91. The molecular formula is C9H8NO. The Bertz CT molecular complexity index is 264. The Balaban J connectivity index is 2.94. The Labute approximate surface area is 65.3 Å². The van der Waals surface area contributed by atoms with Crippen LogP contribution in [0, 0.1) is 0 Å². The fourth-order valence-electron chi connectivity index (χ4n) is 0.777. The van der Waals surface area contributed by atoms with E-state index < -0.39 is 0 Å². The highest BCUT2D eigenvalue weighted by atomic mass is 16.1. The predicted molar refractivity (Wildman–Crippen MR) is 44.3 cm³/mol. The van der Waals surface area contributed by atoms with E-state index in [2.05, 4.69) is 0 Å². The van der Waals surface area contributed by atoms with Crippen LogP contribution in [0.5, 0.6) is 0 Å². The minimum absolute atomic E-state index is 0.445. The van der Waals surface area contributed by atoms with Crippen molar-refractivity contribution in [3.63, 3.8) is 0 Å². The van der Waals surface area contributed by atoms with Crippen molar-refractivity contribution in [2.45, 2.75) is 0 Å². The van der Waals surface area contributed by atoms with E-state index in [1.165, 1.54) is 6.08 Å². The number of carbonyl (C=O) groups excluding carboxylic acids is 1. The lowest BCUT2D eigenvalue weighted by Crippen LogP contribution is -1.95. The summed E-state index contributed by atoms with van der Waals surface area (Å²) >= 11 is 0. The summed E-state index contributed by atoms with van der Waals surface area (Å²) in [6.45, 7) is 0. The number of hydrogen-bond acceptors (Lipinski definition) is 2. The molecule has 1 radical (unpaired) electrons. The van der Waals surface area contributed by atoms with Crippen molar-refractivity contribution in [2.24, 2.45) is 5.73 Å². The monoisotopic (exact) mass is 146 g/mol. The van der Waals surface area contributed by atoms with Gasteiger partial charge in [-0.15, -0.1) is 0 Å². The maximum absolute atomic E-state index is 9.91. The molecule has 1 aromatic carbocycles. The van der Waals surface area contributed by atoms with Crippen LogP contribution in [-0.4, -0.2) is 6.29 Å². The van der Waals surface area contributed by atoms with Crippen LogP contribution in [0.15, 0.2) is 36.4 Å². The molecule has 2 N–H and O–H groups in total. The van der Waals surface area contributed by atoms with Crippen molar-refractivity contribution in [2.75, 3.05) is 0 Å². The highest BCUT2D eigenvalue weighted by Gasteiger charge is 1.91. The Morgan fingerprint density at radius 1 is 1.36 bits per heavy atom. The molecule has 0 unspecified atom stereocenters. The molecule has 11 heavy (non-hydrogen) atoms. The van der Waals surface area contributed by atoms with Crippen molar-refractivity contribution < 1.29 is 4.79 Å². The molecule has 0 aliphatic rings. The maximum Gasteiger partial charge on any atom is 0.227 e. The van der Waals surface area contributed by atoms with Crippen molar-refractivity contribution in [3.05, 3.63) is 42.0 Å². The van der Waals surface area contributed by atoms with Crippen molar-refractivity contribution >= 4 is 12.0 Å². The van der Waals surface area contributed by atoms with Gasteiger partial charge in [-0.2, -0.15) is 0 Å². The summed E-state index contributed by atoms with van der Waals surface area (Å²) in [6, 6.07) is 9.29. The Hall–Kier alpha value is -1.57. The van der Waals surface area contributed by atoms with Gasteiger partial charge in [0.1, 0.15) is 0 Å². The van der Waals surface area contributed by atoms with Crippen molar-refractivity contribution in [3.8, 4) is 0 Å². The molecule has 0 saturated carbocycles. The third kappa shape index (κ3) is 1.93.